The molecule has 0 saturated carbocycles. The molecule has 39 heavy (non-hydrogen) atoms. The molecule has 4 aromatic rings. The summed E-state index contributed by atoms with van der Waals surface area (Å²) in [5.41, 5.74) is 4.05. The smallest absolute Gasteiger partial charge is 0.405 e. The molecule has 0 bridgehead atoms. The number of fused-ring (bicyclic) bond motifs is 1. The summed E-state index contributed by atoms with van der Waals surface area (Å²) in [6.45, 7) is 3.27. The Morgan fingerprint density at radius 3 is 2.49 bits per heavy atom. The number of nitriles is 1. The summed E-state index contributed by atoms with van der Waals surface area (Å²) in [6.07, 6.45) is 4.37. The van der Waals surface area contributed by atoms with Crippen LogP contribution < -0.4 is 10.2 Å². The Labute approximate surface area is 226 Å². The van der Waals surface area contributed by atoms with Gasteiger partial charge in [0.25, 0.3) is 0 Å². The third kappa shape index (κ3) is 5.13. The number of carbonyl (C=O) groups is 1. The highest BCUT2D eigenvalue weighted by Crippen LogP contribution is 2.38. The van der Waals surface area contributed by atoms with Crippen LogP contribution in [0.15, 0.2) is 54.9 Å². The number of aromatic nitrogens is 3. The molecule has 9 nitrogen and oxygen atoms in total. The van der Waals surface area contributed by atoms with Gasteiger partial charge in [0.2, 0.25) is 5.95 Å². The summed E-state index contributed by atoms with van der Waals surface area (Å²) < 4.78 is 17.3. The van der Waals surface area contributed by atoms with E-state index in [0.29, 0.717) is 34.1 Å². The molecule has 0 spiro atoms. The molecule has 1 atom stereocenters. The fourth-order valence-corrected chi connectivity index (χ4v) is 5.24. The third-order valence-corrected chi connectivity index (χ3v) is 7.39. The molecule has 1 aliphatic heterocycles. The van der Waals surface area contributed by atoms with Crippen molar-refractivity contribution >= 4 is 17.7 Å². The van der Waals surface area contributed by atoms with Gasteiger partial charge >= 0.3 is 6.09 Å². The molecule has 1 fully saturated rings. The molecule has 5 rings (SSSR count). The van der Waals surface area contributed by atoms with E-state index in [2.05, 4.69) is 40.3 Å². The van der Waals surface area contributed by atoms with Crippen LogP contribution in [0.5, 0.6) is 0 Å². The van der Waals surface area contributed by atoms with Gasteiger partial charge in [-0.2, -0.15) is 5.26 Å². The van der Waals surface area contributed by atoms with Gasteiger partial charge in [0.1, 0.15) is 11.5 Å². The highest BCUT2D eigenvalue weighted by atomic mass is 19.1. The first-order chi connectivity index (χ1) is 18.8. The van der Waals surface area contributed by atoms with Crippen LogP contribution >= 0.6 is 0 Å². The number of imidazole rings is 1. The number of amides is 1. The molecular formula is C29H30FN7O2. The van der Waals surface area contributed by atoms with Gasteiger partial charge in [-0.3, -0.25) is 4.40 Å². The molecular weight excluding hydrogens is 497 g/mol. The Balaban J connectivity index is 1.66. The van der Waals surface area contributed by atoms with Gasteiger partial charge in [-0.25, -0.2) is 19.2 Å². The van der Waals surface area contributed by atoms with Crippen LogP contribution in [0.1, 0.15) is 36.9 Å². The Morgan fingerprint density at radius 1 is 1.18 bits per heavy atom. The fraction of sp³-hybridized carbons (Fsp3) is 0.310. The molecule has 1 unspecified atom stereocenters. The minimum absolute atomic E-state index is 0.244. The van der Waals surface area contributed by atoms with Crippen LogP contribution in [0.3, 0.4) is 0 Å². The van der Waals surface area contributed by atoms with Gasteiger partial charge in [-0.15, -0.1) is 0 Å². The van der Waals surface area contributed by atoms with Crippen molar-refractivity contribution in [3.05, 3.63) is 71.8 Å². The number of carboxylic acid groups (broad SMARTS) is 1. The van der Waals surface area contributed by atoms with Gasteiger partial charge < -0.3 is 20.2 Å². The lowest BCUT2D eigenvalue weighted by Crippen LogP contribution is -2.43. The first-order valence-electron chi connectivity index (χ1n) is 12.8. The monoisotopic (exact) mass is 527 g/mol. The van der Waals surface area contributed by atoms with Gasteiger partial charge in [-0.1, -0.05) is 24.3 Å². The number of benzene rings is 2. The van der Waals surface area contributed by atoms with Crippen LogP contribution in [-0.2, 0) is 0 Å². The number of nitrogens with zero attached hydrogens (tertiary/aromatic N) is 6. The molecule has 0 aliphatic carbocycles. The number of rotatable bonds is 6. The second-order valence-corrected chi connectivity index (χ2v) is 10.0. The maximum absolute atomic E-state index is 15.3. The lowest BCUT2D eigenvalue weighted by molar-refractivity contribution is 0.190. The molecule has 3 heterocycles. The Kier molecular flexibility index (Phi) is 7.17. The molecule has 0 radical (unpaired) electrons. The normalized spacial score (nSPS) is 14.9. The van der Waals surface area contributed by atoms with E-state index < -0.39 is 18.0 Å². The van der Waals surface area contributed by atoms with Crippen molar-refractivity contribution in [1.29, 1.82) is 5.26 Å². The number of hydrogen-bond acceptors (Lipinski definition) is 6. The highest BCUT2D eigenvalue weighted by Gasteiger charge is 2.26. The van der Waals surface area contributed by atoms with E-state index in [4.69, 9.17) is 10.1 Å². The van der Waals surface area contributed by atoms with Crippen LogP contribution in [0.2, 0.25) is 0 Å². The summed E-state index contributed by atoms with van der Waals surface area (Å²) in [7, 11) is 4.21. The zero-order valence-electron chi connectivity index (χ0n) is 22.1. The fourth-order valence-electron chi connectivity index (χ4n) is 5.24. The van der Waals surface area contributed by atoms with E-state index in [1.807, 2.05) is 22.7 Å². The molecule has 1 aliphatic rings. The van der Waals surface area contributed by atoms with Gasteiger partial charge in [0.05, 0.1) is 28.9 Å². The van der Waals surface area contributed by atoms with Crippen LogP contribution in [0.4, 0.5) is 15.1 Å². The summed E-state index contributed by atoms with van der Waals surface area (Å²) >= 11 is 0. The van der Waals surface area contributed by atoms with Crippen LogP contribution in [-0.4, -0.2) is 63.7 Å². The Hall–Kier alpha value is -4.49. The summed E-state index contributed by atoms with van der Waals surface area (Å²) in [4.78, 5) is 25.4. The maximum atomic E-state index is 15.3. The van der Waals surface area contributed by atoms with Crippen molar-refractivity contribution in [2.24, 2.45) is 0 Å². The molecule has 2 N–H and O–H groups in total. The lowest BCUT2D eigenvalue weighted by atomic mass is 9.96. The van der Waals surface area contributed by atoms with Crippen molar-refractivity contribution in [2.45, 2.75) is 31.8 Å². The van der Waals surface area contributed by atoms with E-state index in [0.717, 1.165) is 37.4 Å². The Bertz CT molecular complexity index is 1550. The molecule has 2 aromatic carbocycles. The quantitative estimate of drug-likeness (QED) is 0.366. The second kappa shape index (κ2) is 10.7. The van der Waals surface area contributed by atoms with Crippen LogP contribution in [0, 0.1) is 17.1 Å². The van der Waals surface area contributed by atoms with Crippen LogP contribution in [0.25, 0.3) is 28.0 Å². The number of nitrogens with one attached hydrogen (secondary N) is 1. The summed E-state index contributed by atoms with van der Waals surface area (Å²) in [5.74, 6) is 0.234. The van der Waals surface area contributed by atoms with E-state index in [1.165, 1.54) is 6.07 Å². The van der Waals surface area contributed by atoms with E-state index in [1.54, 1.807) is 37.4 Å². The molecule has 2 aromatic heterocycles. The Morgan fingerprint density at radius 2 is 1.87 bits per heavy atom. The molecule has 10 heteroatoms. The van der Waals surface area contributed by atoms with Crippen molar-refractivity contribution < 1.29 is 14.3 Å². The minimum Gasteiger partial charge on any atom is -0.465 e. The van der Waals surface area contributed by atoms with Gasteiger partial charge in [-0.05, 0) is 57.6 Å². The minimum atomic E-state index is -1.22. The zero-order chi connectivity index (χ0) is 27.7. The lowest BCUT2D eigenvalue weighted by Gasteiger charge is -2.36. The number of anilines is 1. The summed E-state index contributed by atoms with van der Waals surface area (Å²) in [6, 6.07) is 13.9. The van der Waals surface area contributed by atoms with Gasteiger partial charge in [0, 0.05) is 42.7 Å². The van der Waals surface area contributed by atoms with Crippen molar-refractivity contribution in [3.63, 3.8) is 0 Å². The summed E-state index contributed by atoms with van der Waals surface area (Å²) in [5, 5.41) is 20.7. The number of piperidine rings is 1. The molecule has 1 saturated heterocycles. The molecule has 200 valence electrons. The average Bonchev–Trinajstić information content (AvgIpc) is 3.41. The predicted molar refractivity (Wildman–Crippen MR) is 147 cm³/mol. The van der Waals surface area contributed by atoms with Crippen molar-refractivity contribution in [2.75, 3.05) is 32.1 Å². The predicted octanol–water partition coefficient (Wildman–Crippen LogP) is 4.93. The SMILES string of the molecule is CC(NC(=O)O)c1ccc(-c2c(-c3ccc(C#N)cc3)nc(N3CCC(N(C)C)CC3)n3ccnc23)cc1F. The third-order valence-electron chi connectivity index (χ3n) is 7.39. The first-order valence-corrected chi connectivity index (χ1v) is 12.8. The van der Waals surface area contributed by atoms with Gasteiger partial charge in [0.15, 0.2) is 0 Å². The maximum Gasteiger partial charge on any atom is 0.405 e. The number of halogens is 1. The van der Waals surface area contributed by atoms with E-state index in [9.17, 15) is 10.1 Å². The van der Waals surface area contributed by atoms with E-state index in [-0.39, 0.29) is 5.56 Å². The molecule has 1 amide bonds. The standard InChI is InChI=1S/C29H30FN7O2/c1-18(33-29(38)39)23-9-8-21(16-24(23)30)25-26(20-6-4-19(17-31)5-7-20)34-28(37-15-12-32-27(25)37)36-13-10-22(11-14-36)35(2)3/h4-9,12,15-16,18,22,33H,10-11,13-14H2,1-3H3,(H,38,39). The average molecular weight is 528 g/mol. The van der Waals surface area contributed by atoms with E-state index >= 15 is 4.39 Å². The largest absolute Gasteiger partial charge is 0.465 e. The zero-order valence-corrected chi connectivity index (χ0v) is 22.1. The first kappa shape index (κ1) is 26.1. The highest BCUT2D eigenvalue weighted by molar-refractivity contribution is 5.91. The topological polar surface area (TPSA) is 110 Å². The second-order valence-electron chi connectivity index (χ2n) is 10.0. The van der Waals surface area contributed by atoms with Crippen molar-refractivity contribution in [1.82, 2.24) is 24.6 Å². The number of hydrogen-bond donors (Lipinski definition) is 2. The van der Waals surface area contributed by atoms with Crippen molar-refractivity contribution in [3.8, 4) is 28.5 Å².